The number of rotatable bonds is 5. The van der Waals surface area contributed by atoms with Crippen LogP contribution in [0.2, 0.25) is 0 Å². The summed E-state index contributed by atoms with van der Waals surface area (Å²) in [7, 11) is 1.40. The number of hydrogen-bond acceptors (Lipinski definition) is 3. The Hall–Kier alpha value is -3.80. The molecule has 0 atom stereocenters. The first-order valence-electron chi connectivity index (χ1n) is 11.3. The van der Waals surface area contributed by atoms with Gasteiger partial charge in [-0.15, -0.1) is 0 Å². The third-order valence-electron chi connectivity index (χ3n) is 6.53. The zero-order valence-corrected chi connectivity index (χ0v) is 18.7. The van der Waals surface area contributed by atoms with E-state index in [1.165, 1.54) is 7.11 Å². The minimum Gasteiger partial charge on any atom is -0.464 e. The summed E-state index contributed by atoms with van der Waals surface area (Å²) >= 11 is 0. The molecule has 6 nitrogen and oxygen atoms in total. The quantitative estimate of drug-likeness (QED) is 0.420. The molecule has 2 aromatic carbocycles. The van der Waals surface area contributed by atoms with E-state index in [-0.39, 0.29) is 17.9 Å². The Morgan fingerprint density at radius 1 is 0.909 bits per heavy atom. The third-order valence-corrected chi connectivity index (χ3v) is 6.53. The number of nitrogens with zero attached hydrogens (tertiary/aromatic N) is 3. The maximum atomic E-state index is 13.6. The lowest BCUT2D eigenvalue weighted by Crippen LogP contribution is -2.40. The predicted octanol–water partition coefficient (Wildman–Crippen LogP) is 4.76. The third kappa shape index (κ3) is 4.04. The molecule has 0 bridgehead atoms. The second-order valence-corrected chi connectivity index (χ2v) is 8.48. The maximum Gasteiger partial charge on any atom is 0.354 e. The fraction of sp³-hybridized carbons (Fsp3) is 0.259. The lowest BCUT2D eigenvalue weighted by Gasteiger charge is -2.33. The average Bonchev–Trinajstić information content (AvgIpc) is 3.50. The summed E-state index contributed by atoms with van der Waals surface area (Å²) in [6, 6.07) is 24.2. The number of aromatic nitrogens is 2. The normalized spacial score (nSPS) is 14.5. The molecular formula is C27H27N3O3. The fourth-order valence-corrected chi connectivity index (χ4v) is 4.82. The topological polar surface area (TPSA) is 56.5 Å². The summed E-state index contributed by atoms with van der Waals surface area (Å²) in [5, 5.41) is 1.07. The van der Waals surface area contributed by atoms with Gasteiger partial charge in [-0.3, -0.25) is 4.79 Å². The van der Waals surface area contributed by atoms with Gasteiger partial charge >= 0.3 is 5.97 Å². The first-order valence-corrected chi connectivity index (χ1v) is 11.3. The zero-order chi connectivity index (χ0) is 22.8. The smallest absolute Gasteiger partial charge is 0.354 e. The summed E-state index contributed by atoms with van der Waals surface area (Å²) in [5.74, 6) is -0.273. The van der Waals surface area contributed by atoms with Gasteiger partial charge in [-0.2, -0.15) is 0 Å². The highest BCUT2D eigenvalue weighted by atomic mass is 16.5. The molecule has 33 heavy (non-hydrogen) atoms. The summed E-state index contributed by atoms with van der Waals surface area (Å²) < 4.78 is 9.02. The predicted molar refractivity (Wildman–Crippen MR) is 127 cm³/mol. The Balaban J connectivity index is 1.37. The number of carbonyl (C=O) groups is 2. The molecule has 0 N–H and O–H groups in total. The molecule has 6 heteroatoms. The van der Waals surface area contributed by atoms with Crippen LogP contribution in [0, 0.1) is 0 Å². The van der Waals surface area contributed by atoms with Crippen LogP contribution in [-0.2, 0) is 11.3 Å². The number of para-hydroxylation sites is 1. The Morgan fingerprint density at radius 3 is 2.39 bits per heavy atom. The van der Waals surface area contributed by atoms with Crippen molar-refractivity contribution in [1.29, 1.82) is 0 Å². The van der Waals surface area contributed by atoms with E-state index in [1.54, 1.807) is 6.07 Å². The lowest BCUT2D eigenvalue weighted by atomic mass is 10.0. The molecule has 2 aromatic heterocycles. The van der Waals surface area contributed by atoms with Crippen molar-refractivity contribution in [3.05, 3.63) is 95.9 Å². The van der Waals surface area contributed by atoms with Gasteiger partial charge in [0.25, 0.3) is 5.91 Å². The van der Waals surface area contributed by atoms with Crippen molar-refractivity contribution in [3.63, 3.8) is 0 Å². The van der Waals surface area contributed by atoms with E-state index in [0.29, 0.717) is 25.3 Å². The van der Waals surface area contributed by atoms with Gasteiger partial charge in [-0.1, -0.05) is 48.5 Å². The Bertz CT molecular complexity index is 1280. The van der Waals surface area contributed by atoms with E-state index in [4.69, 9.17) is 4.74 Å². The van der Waals surface area contributed by atoms with Gasteiger partial charge in [-0.05, 0) is 42.7 Å². The standard InChI is InChI=1S/C27H27N3O3/c1-33-27(32)24-12-7-15-29(24)22-13-16-28(17-14-22)26(31)25-18-21-10-5-6-11-23(21)30(25)19-20-8-3-2-4-9-20/h2-12,15,18,22H,13-14,16-17,19H2,1H3. The van der Waals surface area contributed by atoms with Crippen LogP contribution >= 0.6 is 0 Å². The van der Waals surface area contributed by atoms with Crippen molar-refractivity contribution in [2.24, 2.45) is 0 Å². The number of fused-ring (bicyclic) bond motifs is 1. The first-order chi connectivity index (χ1) is 16.2. The molecule has 1 aliphatic heterocycles. The molecule has 0 aliphatic carbocycles. The van der Waals surface area contributed by atoms with Gasteiger partial charge in [0.1, 0.15) is 11.4 Å². The van der Waals surface area contributed by atoms with E-state index in [9.17, 15) is 9.59 Å². The minimum atomic E-state index is -0.330. The van der Waals surface area contributed by atoms with E-state index in [1.807, 2.05) is 58.1 Å². The summed E-state index contributed by atoms with van der Waals surface area (Å²) in [4.78, 5) is 27.6. The van der Waals surface area contributed by atoms with Crippen molar-refractivity contribution < 1.29 is 14.3 Å². The van der Waals surface area contributed by atoms with Crippen molar-refractivity contribution in [3.8, 4) is 0 Å². The fourth-order valence-electron chi connectivity index (χ4n) is 4.82. The van der Waals surface area contributed by atoms with Crippen LogP contribution in [0.15, 0.2) is 79.0 Å². The van der Waals surface area contributed by atoms with Crippen molar-refractivity contribution >= 4 is 22.8 Å². The molecule has 4 aromatic rings. The SMILES string of the molecule is COC(=O)c1cccn1C1CCN(C(=O)c2cc3ccccc3n2Cc2ccccc2)CC1. The second-order valence-electron chi connectivity index (χ2n) is 8.48. The van der Waals surface area contributed by atoms with E-state index in [2.05, 4.69) is 28.8 Å². The monoisotopic (exact) mass is 441 g/mol. The Kier molecular flexibility index (Phi) is 5.73. The second kappa shape index (κ2) is 8.98. The first kappa shape index (κ1) is 21.1. The number of methoxy groups -OCH3 is 1. The van der Waals surface area contributed by atoms with Crippen molar-refractivity contribution in [2.75, 3.05) is 20.2 Å². The van der Waals surface area contributed by atoms with Crippen LogP contribution in [0.25, 0.3) is 10.9 Å². The Labute approximate surface area is 193 Å². The van der Waals surface area contributed by atoms with Gasteiger partial charge in [0.2, 0.25) is 0 Å². The molecule has 1 amide bonds. The molecule has 1 fully saturated rings. The minimum absolute atomic E-state index is 0.0567. The summed E-state index contributed by atoms with van der Waals surface area (Å²) in [6.07, 6.45) is 3.51. The number of benzene rings is 2. The van der Waals surface area contributed by atoms with Crippen LogP contribution in [0.5, 0.6) is 0 Å². The molecule has 168 valence electrons. The molecule has 0 radical (unpaired) electrons. The van der Waals surface area contributed by atoms with Crippen LogP contribution < -0.4 is 0 Å². The molecule has 3 heterocycles. The number of esters is 1. The van der Waals surface area contributed by atoms with Crippen LogP contribution in [0.3, 0.4) is 0 Å². The van der Waals surface area contributed by atoms with Crippen molar-refractivity contribution in [1.82, 2.24) is 14.0 Å². The highest BCUT2D eigenvalue weighted by molar-refractivity contribution is 5.99. The number of ether oxygens (including phenoxy) is 1. The van der Waals surface area contributed by atoms with Gasteiger partial charge in [0, 0.05) is 42.8 Å². The highest BCUT2D eigenvalue weighted by Crippen LogP contribution is 2.28. The van der Waals surface area contributed by atoms with Crippen LogP contribution in [-0.4, -0.2) is 46.1 Å². The molecule has 1 aliphatic rings. The molecule has 1 saturated heterocycles. The van der Waals surface area contributed by atoms with Crippen LogP contribution in [0.4, 0.5) is 0 Å². The maximum absolute atomic E-state index is 13.6. The zero-order valence-electron chi connectivity index (χ0n) is 18.7. The van der Waals surface area contributed by atoms with Gasteiger partial charge in [0.15, 0.2) is 0 Å². The van der Waals surface area contributed by atoms with Crippen molar-refractivity contribution in [2.45, 2.75) is 25.4 Å². The molecular weight excluding hydrogens is 414 g/mol. The van der Waals surface area contributed by atoms with Gasteiger partial charge in [-0.25, -0.2) is 4.79 Å². The molecule has 0 saturated carbocycles. The largest absolute Gasteiger partial charge is 0.464 e. The number of amides is 1. The number of carbonyl (C=O) groups excluding carboxylic acids is 2. The number of hydrogen-bond donors (Lipinski definition) is 0. The molecule has 5 rings (SSSR count). The Morgan fingerprint density at radius 2 is 1.64 bits per heavy atom. The van der Waals surface area contributed by atoms with Gasteiger partial charge in [0.05, 0.1) is 7.11 Å². The average molecular weight is 442 g/mol. The van der Waals surface area contributed by atoms with E-state index < -0.39 is 0 Å². The van der Waals surface area contributed by atoms with E-state index in [0.717, 1.165) is 35.0 Å². The summed E-state index contributed by atoms with van der Waals surface area (Å²) in [5.41, 5.74) is 3.50. The lowest BCUT2D eigenvalue weighted by molar-refractivity contribution is 0.0572. The molecule has 0 spiro atoms. The summed E-state index contributed by atoms with van der Waals surface area (Å²) in [6.45, 7) is 1.95. The van der Waals surface area contributed by atoms with Gasteiger partial charge < -0.3 is 18.8 Å². The highest BCUT2D eigenvalue weighted by Gasteiger charge is 2.28. The molecule has 0 unspecified atom stereocenters. The van der Waals surface area contributed by atoms with E-state index >= 15 is 0 Å². The number of likely N-dealkylation sites (tertiary alicyclic amines) is 1. The number of piperidine rings is 1. The van der Waals surface area contributed by atoms with Crippen LogP contribution in [0.1, 0.15) is 45.4 Å².